The average molecular weight is 201 g/mol. The first-order chi connectivity index (χ1) is 6.76. The molecule has 0 aliphatic heterocycles. The van der Waals surface area contributed by atoms with E-state index in [4.69, 9.17) is 5.11 Å². The van der Waals surface area contributed by atoms with Gasteiger partial charge in [-0.3, -0.25) is 0 Å². The van der Waals surface area contributed by atoms with Gasteiger partial charge in [-0.2, -0.15) is 0 Å². The lowest BCUT2D eigenvalue weighted by Crippen LogP contribution is -2.41. The maximum atomic E-state index is 9.35. The first-order valence-corrected chi connectivity index (χ1v) is 5.81. The summed E-state index contributed by atoms with van der Waals surface area (Å²) in [5, 5.41) is 21.8. The Morgan fingerprint density at radius 2 is 1.93 bits per heavy atom. The summed E-state index contributed by atoms with van der Waals surface area (Å²) in [4.78, 5) is 0. The quantitative estimate of drug-likeness (QED) is 0.623. The Hall–Kier alpha value is -0.120. The Morgan fingerprint density at radius 3 is 2.43 bits per heavy atom. The summed E-state index contributed by atoms with van der Waals surface area (Å²) in [7, 11) is 0. The molecular weight excluding hydrogens is 178 g/mol. The van der Waals surface area contributed by atoms with Crippen molar-refractivity contribution in [2.24, 2.45) is 0 Å². The van der Waals surface area contributed by atoms with E-state index in [1.54, 1.807) is 0 Å². The van der Waals surface area contributed by atoms with Gasteiger partial charge in [0.25, 0.3) is 0 Å². The lowest BCUT2D eigenvalue weighted by atomic mass is 9.92. The highest BCUT2D eigenvalue weighted by molar-refractivity contribution is 4.79. The molecule has 1 aliphatic rings. The van der Waals surface area contributed by atoms with Crippen molar-refractivity contribution in [2.45, 2.75) is 63.6 Å². The molecule has 3 heteroatoms. The van der Waals surface area contributed by atoms with Crippen molar-refractivity contribution in [3.8, 4) is 0 Å². The Balaban J connectivity index is 2.21. The number of nitrogens with one attached hydrogen (secondary N) is 1. The van der Waals surface area contributed by atoms with Gasteiger partial charge >= 0.3 is 0 Å². The summed E-state index contributed by atoms with van der Waals surface area (Å²) >= 11 is 0. The molecular formula is C11H23NO2. The van der Waals surface area contributed by atoms with E-state index in [0.717, 1.165) is 38.5 Å². The Kier molecular flexibility index (Phi) is 5.45. The zero-order valence-electron chi connectivity index (χ0n) is 9.08. The van der Waals surface area contributed by atoms with E-state index in [0.29, 0.717) is 12.1 Å². The SMILES string of the molecule is CCC(CCO)NC1CCC(O)CC1. The van der Waals surface area contributed by atoms with Crippen LogP contribution in [-0.2, 0) is 0 Å². The summed E-state index contributed by atoms with van der Waals surface area (Å²) in [5.74, 6) is 0. The van der Waals surface area contributed by atoms with Gasteiger partial charge in [0.05, 0.1) is 6.10 Å². The van der Waals surface area contributed by atoms with Crippen LogP contribution in [0.3, 0.4) is 0 Å². The molecule has 0 radical (unpaired) electrons. The van der Waals surface area contributed by atoms with Gasteiger partial charge in [0.2, 0.25) is 0 Å². The summed E-state index contributed by atoms with van der Waals surface area (Å²) in [6.45, 7) is 2.41. The second-order valence-corrected chi connectivity index (χ2v) is 4.29. The normalized spacial score (nSPS) is 30.2. The van der Waals surface area contributed by atoms with E-state index in [-0.39, 0.29) is 12.7 Å². The Morgan fingerprint density at radius 1 is 1.29 bits per heavy atom. The van der Waals surface area contributed by atoms with Crippen LogP contribution in [0.4, 0.5) is 0 Å². The molecule has 0 aromatic heterocycles. The van der Waals surface area contributed by atoms with E-state index in [1.807, 2.05) is 0 Å². The van der Waals surface area contributed by atoms with Crippen LogP contribution < -0.4 is 5.32 Å². The molecule has 1 aliphatic carbocycles. The predicted octanol–water partition coefficient (Wildman–Crippen LogP) is 1.04. The van der Waals surface area contributed by atoms with Crippen LogP contribution in [0.2, 0.25) is 0 Å². The van der Waals surface area contributed by atoms with Gasteiger partial charge in [0.1, 0.15) is 0 Å². The fourth-order valence-electron chi connectivity index (χ4n) is 2.14. The second kappa shape index (κ2) is 6.38. The number of aliphatic hydroxyl groups is 2. The van der Waals surface area contributed by atoms with Crippen molar-refractivity contribution in [3.05, 3.63) is 0 Å². The maximum absolute atomic E-state index is 9.35. The van der Waals surface area contributed by atoms with E-state index < -0.39 is 0 Å². The van der Waals surface area contributed by atoms with Gasteiger partial charge in [-0.05, 0) is 38.5 Å². The van der Waals surface area contributed by atoms with Crippen LogP contribution in [0.1, 0.15) is 45.4 Å². The zero-order valence-corrected chi connectivity index (χ0v) is 9.08. The Labute approximate surface area is 86.5 Å². The summed E-state index contributed by atoms with van der Waals surface area (Å²) in [5.41, 5.74) is 0. The van der Waals surface area contributed by atoms with Crippen LogP contribution in [0.5, 0.6) is 0 Å². The molecule has 0 heterocycles. The summed E-state index contributed by atoms with van der Waals surface area (Å²) < 4.78 is 0. The van der Waals surface area contributed by atoms with Crippen molar-refractivity contribution >= 4 is 0 Å². The van der Waals surface area contributed by atoms with Crippen molar-refractivity contribution < 1.29 is 10.2 Å². The second-order valence-electron chi connectivity index (χ2n) is 4.29. The minimum absolute atomic E-state index is 0.0778. The van der Waals surface area contributed by atoms with Gasteiger partial charge in [0, 0.05) is 18.7 Å². The van der Waals surface area contributed by atoms with Crippen LogP contribution >= 0.6 is 0 Å². The highest BCUT2D eigenvalue weighted by Crippen LogP contribution is 2.19. The molecule has 14 heavy (non-hydrogen) atoms. The third-order valence-electron chi connectivity index (χ3n) is 3.14. The number of rotatable bonds is 5. The highest BCUT2D eigenvalue weighted by atomic mass is 16.3. The average Bonchev–Trinajstić information content (AvgIpc) is 2.20. The van der Waals surface area contributed by atoms with E-state index in [9.17, 15) is 5.11 Å². The molecule has 1 rings (SSSR count). The maximum Gasteiger partial charge on any atom is 0.0541 e. The molecule has 1 unspecified atom stereocenters. The molecule has 0 aromatic rings. The van der Waals surface area contributed by atoms with Gasteiger partial charge in [-0.15, -0.1) is 0 Å². The van der Waals surface area contributed by atoms with Crippen LogP contribution in [0.25, 0.3) is 0 Å². The third-order valence-corrected chi connectivity index (χ3v) is 3.14. The topological polar surface area (TPSA) is 52.5 Å². The molecule has 0 spiro atoms. The lowest BCUT2D eigenvalue weighted by molar-refractivity contribution is 0.112. The van der Waals surface area contributed by atoms with Crippen molar-refractivity contribution in [3.63, 3.8) is 0 Å². The third kappa shape index (κ3) is 3.95. The molecule has 3 N–H and O–H groups in total. The first kappa shape index (κ1) is 12.0. The molecule has 0 amide bonds. The number of aliphatic hydroxyl groups excluding tert-OH is 2. The molecule has 0 bridgehead atoms. The smallest absolute Gasteiger partial charge is 0.0541 e. The standard InChI is InChI=1S/C11H23NO2/c1-2-9(7-8-13)12-10-3-5-11(14)6-4-10/h9-14H,2-8H2,1H3. The molecule has 0 saturated heterocycles. The monoisotopic (exact) mass is 201 g/mol. The predicted molar refractivity (Wildman–Crippen MR) is 57.2 cm³/mol. The zero-order chi connectivity index (χ0) is 10.4. The van der Waals surface area contributed by atoms with E-state index >= 15 is 0 Å². The van der Waals surface area contributed by atoms with Gasteiger partial charge < -0.3 is 15.5 Å². The first-order valence-electron chi connectivity index (χ1n) is 5.81. The largest absolute Gasteiger partial charge is 0.396 e. The molecule has 84 valence electrons. The minimum Gasteiger partial charge on any atom is -0.396 e. The van der Waals surface area contributed by atoms with Crippen LogP contribution in [0.15, 0.2) is 0 Å². The van der Waals surface area contributed by atoms with Crippen LogP contribution in [0, 0.1) is 0 Å². The molecule has 1 fully saturated rings. The molecule has 3 nitrogen and oxygen atoms in total. The van der Waals surface area contributed by atoms with Crippen molar-refractivity contribution in [1.29, 1.82) is 0 Å². The van der Waals surface area contributed by atoms with Gasteiger partial charge in [-0.1, -0.05) is 6.92 Å². The summed E-state index contributed by atoms with van der Waals surface area (Å²) in [6.07, 6.45) is 5.83. The lowest BCUT2D eigenvalue weighted by Gasteiger charge is -2.29. The fraction of sp³-hybridized carbons (Fsp3) is 1.00. The number of hydrogen-bond acceptors (Lipinski definition) is 3. The van der Waals surface area contributed by atoms with Crippen molar-refractivity contribution in [1.82, 2.24) is 5.32 Å². The van der Waals surface area contributed by atoms with E-state index in [2.05, 4.69) is 12.2 Å². The molecule has 1 atom stereocenters. The highest BCUT2D eigenvalue weighted by Gasteiger charge is 2.20. The summed E-state index contributed by atoms with van der Waals surface area (Å²) in [6, 6.07) is 0.996. The fourth-order valence-corrected chi connectivity index (χ4v) is 2.14. The Bertz CT molecular complexity index is 144. The van der Waals surface area contributed by atoms with Gasteiger partial charge in [0.15, 0.2) is 0 Å². The van der Waals surface area contributed by atoms with E-state index in [1.165, 1.54) is 0 Å². The number of hydrogen-bond donors (Lipinski definition) is 3. The molecule has 0 aromatic carbocycles. The van der Waals surface area contributed by atoms with Gasteiger partial charge in [-0.25, -0.2) is 0 Å². The van der Waals surface area contributed by atoms with Crippen molar-refractivity contribution in [2.75, 3.05) is 6.61 Å². The molecule has 1 saturated carbocycles. The minimum atomic E-state index is -0.0778. The van der Waals surface area contributed by atoms with Crippen LogP contribution in [-0.4, -0.2) is 35.0 Å².